The second-order valence-electron chi connectivity index (χ2n) is 14.9. The van der Waals surface area contributed by atoms with Crippen molar-refractivity contribution in [2.75, 3.05) is 26.3 Å². The predicted octanol–water partition coefficient (Wildman–Crippen LogP) is 10.4. The lowest BCUT2D eigenvalue weighted by atomic mass is 9.86. The molecular formula is C54H50N6O2. The van der Waals surface area contributed by atoms with E-state index in [1.807, 2.05) is 73.3 Å². The molecule has 0 saturated heterocycles. The minimum Gasteiger partial charge on any atom is -0.492 e. The minimum absolute atomic E-state index is 0.524. The Hall–Kier alpha value is -7.26. The predicted molar refractivity (Wildman–Crippen MR) is 247 cm³/mol. The van der Waals surface area contributed by atoms with Crippen molar-refractivity contribution >= 4 is 11.1 Å². The van der Waals surface area contributed by atoms with E-state index in [1.165, 1.54) is 0 Å². The maximum atomic E-state index is 6.38. The molecular weight excluding hydrogens is 765 g/mol. The second kappa shape index (κ2) is 21.8. The third kappa shape index (κ3) is 11.9. The summed E-state index contributed by atoms with van der Waals surface area (Å²) in [4.78, 5) is 22.9. The summed E-state index contributed by atoms with van der Waals surface area (Å²) in [6, 6.07) is 62.3. The molecule has 4 aromatic heterocycles. The van der Waals surface area contributed by atoms with Crippen LogP contribution in [-0.2, 0) is 26.2 Å². The van der Waals surface area contributed by atoms with Gasteiger partial charge in [-0.1, -0.05) is 109 Å². The Morgan fingerprint density at radius 3 is 0.903 bits per heavy atom. The van der Waals surface area contributed by atoms with E-state index >= 15 is 0 Å². The number of pyridine rings is 4. The fourth-order valence-electron chi connectivity index (χ4n) is 7.45. The summed E-state index contributed by atoms with van der Waals surface area (Å²) in [6.07, 6.45) is 7.35. The molecule has 8 rings (SSSR count). The van der Waals surface area contributed by atoms with Crippen molar-refractivity contribution in [2.45, 2.75) is 26.2 Å². The van der Waals surface area contributed by atoms with Gasteiger partial charge in [0.15, 0.2) is 0 Å². The van der Waals surface area contributed by atoms with Gasteiger partial charge in [-0.3, -0.25) is 29.7 Å². The first-order valence-electron chi connectivity index (χ1n) is 21.1. The van der Waals surface area contributed by atoms with Crippen LogP contribution in [-0.4, -0.2) is 56.0 Å². The highest BCUT2D eigenvalue weighted by Crippen LogP contribution is 2.38. The number of hydrogen-bond acceptors (Lipinski definition) is 8. The van der Waals surface area contributed by atoms with Crippen LogP contribution in [0.4, 0.5) is 0 Å². The van der Waals surface area contributed by atoms with Crippen LogP contribution in [0.1, 0.15) is 45.0 Å². The standard InChI is InChI=1S/C54H50N6O2/c1-3-15-43(16-4-1)53(45-23-27-51(28-24-45)61-37-35-59(39-47-19-7-11-31-55-47)40-48-20-8-12-32-56-48)54(44-17-5-2-6-18-44)46-25-29-52(30-26-46)62-38-36-60(41-49-21-9-13-33-57-49)42-50-22-10-14-34-58-50/h1-34H,35-42H2/b54-53-. The molecule has 4 aromatic carbocycles. The molecule has 0 N–H and O–H groups in total. The normalized spacial score (nSPS) is 11.6. The minimum atomic E-state index is 0.524. The molecule has 0 radical (unpaired) electrons. The van der Waals surface area contributed by atoms with Crippen LogP contribution in [0, 0.1) is 0 Å². The highest BCUT2D eigenvalue weighted by Gasteiger charge is 2.17. The maximum Gasteiger partial charge on any atom is 0.119 e. The largest absolute Gasteiger partial charge is 0.492 e. The Bertz CT molecular complexity index is 2280. The number of aromatic nitrogens is 4. The van der Waals surface area contributed by atoms with Crippen molar-refractivity contribution in [3.8, 4) is 11.5 Å². The highest BCUT2D eigenvalue weighted by atomic mass is 16.5. The highest BCUT2D eigenvalue weighted by molar-refractivity contribution is 6.04. The van der Waals surface area contributed by atoms with E-state index in [2.05, 4.69) is 163 Å². The van der Waals surface area contributed by atoms with E-state index in [0.29, 0.717) is 39.4 Å². The van der Waals surface area contributed by atoms with Crippen molar-refractivity contribution in [3.05, 3.63) is 252 Å². The average Bonchev–Trinajstić information content (AvgIpc) is 3.33. The van der Waals surface area contributed by atoms with Crippen molar-refractivity contribution in [1.29, 1.82) is 0 Å². The fourth-order valence-corrected chi connectivity index (χ4v) is 7.45. The van der Waals surface area contributed by atoms with Crippen LogP contribution in [0.2, 0.25) is 0 Å². The van der Waals surface area contributed by atoms with E-state index < -0.39 is 0 Å². The Morgan fingerprint density at radius 1 is 0.323 bits per heavy atom. The maximum absolute atomic E-state index is 6.38. The molecule has 0 atom stereocenters. The summed E-state index contributed by atoms with van der Waals surface area (Å²) in [7, 11) is 0. The first kappa shape index (κ1) is 41.5. The SMILES string of the molecule is c1ccc(/C(=C(\c2ccccc2)c2ccc(OCCN(Cc3ccccn3)Cc3ccccn3)cc2)c2ccc(OCCN(Cc3ccccn3)Cc3ccccn3)cc2)cc1. The molecule has 62 heavy (non-hydrogen) atoms. The number of ether oxygens (including phenoxy) is 2. The van der Waals surface area contributed by atoms with Gasteiger partial charge in [0, 0.05) is 64.1 Å². The van der Waals surface area contributed by atoms with Gasteiger partial charge in [-0.05, 0) is 106 Å². The molecule has 0 amide bonds. The lowest BCUT2D eigenvalue weighted by Gasteiger charge is -2.22. The lowest BCUT2D eigenvalue weighted by Crippen LogP contribution is -2.28. The monoisotopic (exact) mass is 814 g/mol. The van der Waals surface area contributed by atoms with Gasteiger partial charge in [0.05, 0.1) is 22.8 Å². The average molecular weight is 815 g/mol. The summed E-state index contributed by atoms with van der Waals surface area (Å²) in [5, 5.41) is 0. The molecule has 0 unspecified atom stereocenters. The third-order valence-corrected chi connectivity index (χ3v) is 10.5. The van der Waals surface area contributed by atoms with E-state index in [1.54, 1.807) is 0 Å². The molecule has 8 heteroatoms. The molecule has 0 aliphatic carbocycles. The quantitative estimate of drug-likeness (QED) is 0.0704. The molecule has 0 fully saturated rings. The van der Waals surface area contributed by atoms with Crippen molar-refractivity contribution in [3.63, 3.8) is 0 Å². The zero-order valence-corrected chi connectivity index (χ0v) is 34.8. The van der Waals surface area contributed by atoms with Crippen LogP contribution < -0.4 is 9.47 Å². The van der Waals surface area contributed by atoms with Gasteiger partial charge in [0.1, 0.15) is 24.7 Å². The molecule has 308 valence electrons. The molecule has 8 nitrogen and oxygen atoms in total. The Kier molecular flexibility index (Phi) is 14.6. The van der Waals surface area contributed by atoms with Crippen LogP contribution in [0.3, 0.4) is 0 Å². The molecule has 4 heterocycles. The summed E-state index contributed by atoms with van der Waals surface area (Å²) < 4.78 is 12.8. The van der Waals surface area contributed by atoms with Crippen LogP contribution >= 0.6 is 0 Å². The van der Waals surface area contributed by atoms with E-state index in [4.69, 9.17) is 9.47 Å². The van der Waals surface area contributed by atoms with Gasteiger partial charge in [-0.15, -0.1) is 0 Å². The Balaban J connectivity index is 1.00. The van der Waals surface area contributed by atoms with E-state index in [0.717, 1.165) is 80.8 Å². The number of nitrogens with zero attached hydrogens (tertiary/aromatic N) is 6. The second-order valence-corrected chi connectivity index (χ2v) is 14.9. The van der Waals surface area contributed by atoms with Gasteiger partial charge in [-0.25, -0.2) is 0 Å². The van der Waals surface area contributed by atoms with E-state index in [-0.39, 0.29) is 0 Å². The molecule has 0 aliphatic rings. The summed E-state index contributed by atoms with van der Waals surface area (Å²) in [5.41, 5.74) is 10.8. The van der Waals surface area contributed by atoms with Gasteiger partial charge >= 0.3 is 0 Å². The summed E-state index contributed by atoms with van der Waals surface area (Å²) in [6.45, 7) is 5.31. The topological polar surface area (TPSA) is 76.5 Å². The van der Waals surface area contributed by atoms with Crippen molar-refractivity contribution in [1.82, 2.24) is 29.7 Å². The zero-order valence-electron chi connectivity index (χ0n) is 34.8. The number of rotatable bonds is 20. The molecule has 8 aromatic rings. The van der Waals surface area contributed by atoms with Gasteiger partial charge in [0.25, 0.3) is 0 Å². The molecule has 0 saturated carbocycles. The zero-order chi connectivity index (χ0) is 42.0. The summed E-state index contributed by atoms with van der Waals surface area (Å²) >= 11 is 0. The third-order valence-electron chi connectivity index (χ3n) is 10.5. The first-order chi connectivity index (χ1) is 30.7. The van der Waals surface area contributed by atoms with Gasteiger partial charge in [0.2, 0.25) is 0 Å². The first-order valence-corrected chi connectivity index (χ1v) is 21.1. The van der Waals surface area contributed by atoms with E-state index in [9.17, 15) is 0 Å². The van der Waals surface area contributed by atoms with Crippen molar-refractivity contribution < 1.29 is 9.47 Å². The van der Waals surface area contributed by atoms with Crippen LogP contribution in [0.5, 0.6) is 11.5 Å². The summed E-state index contributed by atoms with van der Waals surface area (Å²) in [5.74, 6) is 1.64. The lowest BCUT2D eigenvalue weighted by molar-refractivity contribution is 0.193. The fraction of sp³-hybridized carbons (Fsp3) is 0.148. The number of benzene rings is 4. The molecule has 0 bridgehead atoms. The Morgan fingerprint density at radius 2 is 0.613 bits per heavy atom. The Labute approximate surface area is 364 Å². The van der Waals surface area contributed by atoms with Crippen LogP contribution in [0.25, 0.3) is 11.1 Å². The number of hydrogen-bond donors (Lipinski definition) is 0. The smallest absolute Gasteiger partial charge is 0.119 e. The van der Waals surface area contributed by atoms with Gasteiger partial charge < -0.3 is 9.47 Å². The van der Waals surface area contributed by atoms with Gasteiger partial charge in [-0.2, -0.15) is 0 Å². The van der Waals surface area contributed by atoms with Crippen LogP contribution in [0.15, 0.2) is 207 Å². The van der Waals surface area contributed by atoms with Crippen molar-refractivity contribution in [2.24, 2.45) is 0 Å². The molecule has 0 spiro atoms. The molecule has 0 aliphatic heterocycles.